The Morgan fingerprint density at radius 1 is 0.265 bits per heavy atom. The molecule has 9 aromatic carbocycles. The van der Waals surface area contributed by atoms with Crippen LogP contribution in [0.1, 0.15) is 0 Å². The number of para-hydroxylation sites is 1. The van der Waals surface area contributed by atoms with E-state index in [0.717, 1.165) is 66.6 Å². The van der Waals surface area contributed by atoms with Crippen LogP contribution in [0.15, 0.2) is 224 Å². The molecule has 13 rings (SSSR count). The molecule has 68 heavy (non-hydrogen) atoms. The second-order valence-electron chi connectivity index (χ2n) is 16.7. The normalized spacial score (nSPS) is 11.5. The average molecular weight is 888 g/mol. The van der Waals surface area contributed by atoms with Gasteiger partial charge in [0.15, 0.2) is 34.9 Å². The number of aromatic nitrogens is 7. The van der Waals surface area contributed by atoms with Crippen LogP contribution in [0.4, 0.5) is 0 Å². The molecule has 0 aliphatic rings. The summed E-state index contributed by atoms with van der Waals surface area (Å²) in [6, 6.07) is 77.6. The highest BCUT2D eigenvalue weighted by Gasteiger charge is 2.23. The molecular weight excluding hydrogens is 851 g/mol. The number of rotatable bonds is 8. The number of fused-ring (bicyclic) bond motifs is 6. The van der Waals surface area contributed by atoms with Gasteiger partial charge in [0, 0.05) is 64.3 Å². The van der Waals surface area contributed by atoms with Gasteiger partial charge in [0.2, 0.25) is 0 Å². The zero-order valence-corrected chi connectivity index (χ0v) is 37.2. The lowest BCUT2D eigenvalue weighted by molar-refractivity contribution is 1.06. The van der Waals surface area contributed by atoms with Crippen molar-refractivity contribution < 1.29 is 0 Å². The summed E-state index contributed by atoms with van der Waals surface area (Å²) in [7, 11) is 0. The first-order valence-electron chi connectivity index (χ1n) is 22.5. The number of benzene rings is 9. The van der Waals surface area contributed by atoms with Crippen molar-refractivity contribution in [3.8, 4) is 85.1 Å². The van der Waals surface area contributed by atoms with Gasteiger partial charge in [0.1, 0.15) is 0 Å². The smallest absolute Gasteiger partial charge is 0.166 e. The lowest BCUT2D eigenvalue weighted by Crippen LogP contribution is -2.05. The molecule has 0 aliphatic carbocycles. The first kappa shape index (κ1) is 39.4. The first-order valence-corrected chi connectivity index (χ1v) is 23.3. The summed E-state index contributed by atoms with van der Waals surface area (Å²) in [5, 5.41) is 4.80. The van der Waals surface area contributed by atoms with Crippen LogP contribution in [-0.4, -0.2) is 34.5 Å². The summed E-state index contributed by atoms with van der Waals surface area (Å²) in [5.74, 6) is 3.36. The molecule has 13 aromatic rings. The lowest BCUT2D eigenvalue weighted by atomic mass is 10.0. The number of nitrogens with zero attached hydrogens (tertiary/aromatic N) is 7. The second kappa shape index (κ2) is 16.5. The Morgan fingerprint density at radius 2 is 0.691 bits per heavy atom. The van der Waals surface area contributed by atoms with Crippen molar-refractivity contribution in [2.45, 2.75) is 0 Å². The SMILES string of the molecule is c1ccc(-c2ccc(-c3nc(-c4ccccc4)nc(-c4cc(-c5nc(-c6ccccc6)nc(-c6ccccc6)n5)ccc4-n4c5ccccc5c5cc6sc7ccccc7c6cc54)n3)cc2)cc1. The quantitative estimate of drug-likeness (QED) is 0.151. The molecule has 0 amide bonds. The molecular formula is C60H37N7S. The van der Waals surface area contributed by atoms with Gasteiger partial charge < -0.3 is 4.57 Å². The fourth-order valence-corrected chi connectivity index (χ4v) is 10.3. The Balaban J connectivity index is 1.09. The van der Waals surface area contributed by atoms with Crippen LogP contribution in [0, 0.1) is 0 Å². The van der Waals surface area contributed by atoms with E-state index in [-0.39, 0.29) is 0 Å². The van der Waals surface area contributed by atoms with E-state index in [2.05, 4.69) is 132 Å². The predicted molar refractivity (Wildman–Crippen MR) is 278 cm³/mol. The third kappa shape index (κ3) is 6.99. The van der Waals surface area contributed by atoms with E-state index in [1.165, 1.54) is 25.6 Å². The molecule has 0 saturated heterocycles. The molecule has 0 fully saturated rings. The van der Waals surface area contributed by atoms with Gasteiger partial charge in [-0.1, -0.05) is 182 Å². The summed E-state index contributed by atoms with van der Waals surface area (Å²) in [6.07, 6.45) is 0. The minimum Gasteiger partial charge on any atom is -0.308 e. The zero-order valence-electron chi connectivity index (χ0n) is 36.4. The predicted octanol–water partition coefficient (Wildman–Crippen LogP) is 15.2. The second-order valence-corrected chi connectivity index (χ2v) is 17.8. The molecule has 4 heterocycles. The van der Waals surface area contributed by atoms with Crippen LogP contribution in [0.3, 0.4) is 0 Å². The van der Waals surface area contributed by atoms with Crippen molar-refractivity contribution >= 4 is 53.3 Å². The van der Waals surface area contributed by atoms with Crippen LogP contribution >= 0.6 is 11.3 Å². The van der Waals surface area contributed by atoms with Crippen molar-refractivity contribution in [2.24, 2.45) is 0 Å². The van der Waals surface area contributed by atoms with E-state index in [1.54, 1.807) is 0 Å². The van der Waals surface area contributed by atoms with E-state index >= 15 is 0 Å². The summed E-state index contributed by atoms with van der Waals surface area (Å²) >= 11 is 1.83. The molecule has 0 atom stereocenters. The lowest BCUT2D eigenvalue weighted by Gasteiger charge is -2.16. The molecule has 0 bridgehead atoms. The van der Waals surface area contributed by atoms with E-state index in [4.69, 9.17) is 29.9 Å². The molecule has 0 radical (unpaired) electrons. The van der Waals surface area contributed by atoms with E-state index < -0.39 is 0 Å². The maximum atomic E-state index is 5.39. The largest absolute Gasteiger partial charge is 0.308 e. The topological polar surface area (TPSA) is 82.3 Å². The van der Waals surface area contributed by atoms with E-state index in [1.807, 2.05) is 108 Å². The molecule has 8 heteroatoms. The maximum Gasteiger partial charge on any atom is 0.166 e. The van der Waals surface area contributed by atoms with Gasteiger partial charge in [-0.05, 0) is 53.6 Å². The third-order valence-corrected chi connectivity index (χ3v) is 13.7. The fourth-order valence-electron chi connectivity index (χ4n) is 9.22. The molecule has 0 saturated carbocycles. The molecule has 0 spiro atoms. The Morgan fingerprint density at radius 3 is 1.28 bits per heavy atom. The zero-order chi connectivity index (χ0) is 45.0. The van der Waals surface area contributed by atoms with Gasteiger partial charge in [-0.15, -0.1) is 11.3 Å². The highest BCUT2D eigenvalue weighted by atomic mass is 32.1. The Hall–Kier alpha value is -8.98. The first-order chi connectivity index (χ1) is 33.7. The molecule has 0 unspecified atom stereocenters. The van der Waals surface area contributed by atoms with Gasteiger partial charge in [-0.2, -0.15) is 0 Å². The summed E-state index contributed by atoms with van der Waals surface area (Å²) < 4.78 is 4.89. The fraction of sp³-hybridized carbons (Fsp3) is 0. The molecule has 0 N–H and O–H groups in total. The molecule has 0 aliphatic heterocycles. The van der Waals surface area contributed by atoms with Crippen LogP contribution < -0.4 is 0 Å². The summed E-state index contributed by atoms with van der Waals surface area (Å²) in [4.78, 5) is 31.2. The van der Waals surface area contributed by atoms with Gasteiger partial charge in [-0.3, -0.25) is 0 Å². The Labute approximate surface area is 395 Å². The summed E-state index contributed by atoms with van der Waals surface area (Å²) in [5.41, 5.74) is 10.5. The van der Waals surface area contributed by atoms with Crippen molar-refractivity contribution in [3.05, 3.63) is 224 Å². The van der Waals surface area contributed by atoms with E-state index in [9.17, 15) is 0 Å². The van der Waals surface area contributed by atoms with Crippen molar-refractivity contribution in [1.29, 1.82) is 0 Å². The van der Waals surface area contributed by atoms with Crippen LogP contribution in [0.5, 0.6) is 0 Å². The molecule has 7 nitrogen and oxygen atoms in total. The number of hydrogen-bond donors (Lipinski definition) is 0. The highest BCUT2D eigenvalue weighted by molar-refractivity contribution is 7.25. The molecule has 4 aromatic heterocycles. The van der Waals surface area contributed by atoms with E-state index in [0.29, 0.717) is 34.9 Å². The van der Waals surface area contributed by atoms with Crippen LogP contribution in [-0.2, 0) is 0 Å². The average Bonchev–Trinajstić information content (AvgIpc) is 3.95. The highest BCUT2D eigenvalue weighted by Crippen LogP contribution is 2.43. The van der Waals surface area contributed by atoms with Gasteiger partial charge in [0.05, 0.1) is 16.7 Å². The number of hydrogen-bond acceptors (Lipinski definition) is 7. The minimum absolute atomic E-state index is 0.520. The third-order valence-electron chi connectivity index (χ3n) is 12.5. The summed E-state index contributed by atoms with van der Waals surface area (Å²) in [6.45, 7) is 0. The van der Waals surface area contributed by atoms with Crippen LogP contribution in [0.2, 0.25) is 0 Å². The van der Waals surface area contributed by atoms with Gasteiger partial charge in [-0.25, -0.2) is 29.9 Å². The number of thiophene rings is 1. The Kier molecular flexibility index (Phi) is 9.54. The van der Waals surface area contributed by atoms with Crippen LogP contribution in [0.25, 0.3) is 127 Å². The molecule has 318 valence electrons. The van der Waals surface area contributed by atoms with Crippen molar-refractivity contribution in [1.82, 2.24) is 34.5 Å². The monoisotopic (exact) mass is 887 g/mol. The van der Waals surface area contributed by atoms with Crippen molar-refractivity contribution in [3.63, 3.8) is 0 Å². The Bertz CT molecular complexity index is 3940. The maximum absolute atomic E-state index is 5.39. The van der Waals surface area contributed by atoms with Gasteiger partial charge in [0.25, 0.3) is 0 Å². The minimum atomic E-state index is 0.520. The van der Waals surface area contributed by atoms with Crippen molar-refractivity contribution in [2.75, 3.05) is 0 Å². The van der Waals surface area contributed by atoms with Gasteiger partial charge >= 0.3 is 0 Å². The standard InChI is InChI=1S/C60H37N7S/c1-5-17-38(18-6-1)39-29-31-43(32-30-39)58-62-57(42-23-11-4-12-24-42)65-60(66-58)49-35-44(59-63-55(40-19-7-2-8-20-40)61-56(64-59)41-21-9-3-10-22-41)33-34-51(49)67-50-27-15-13-25-45(50)47-37-54-48(36-52(47)67)46-26-14-16-28-53(46)68-54/h1-37H.